The summed E-state index contributed by atoms with van der Waals surface area (Å²) >= 11 is 0. The Bertz CT molecular complexity index is 552. The molecule has 0 aliphatic heterocycles. The van der Waals surface area contributed by atoms with Crippen molar-refractivity contribution in [2.45, 2.75) is 13.5 Å². The number of anilines is 1. The Balaban J connectivity index is 2.10. The van der Waals surface area contributed by atoms with Crippen LogP contribution < -0.4 is 5.32 Å². The van der Waals surface area contributed by atoms with Gasteiger partial charge in [-0.1, -0.05) is 18.2 Å². The molecule has 0 bridgehead atoms. The average Bonchev–Trinajstić information content (AvgIpc) is 2.38. The van der Waals surface area contributed by atoms with E-state index in [4.69, 9.17) is 0 Å². The van der Waals surface area contributed by atoms with Crippen LogP contribution in [0.4, 0.5) is 11.4 Å². The number of nitro benzene ring substituents is 1. The summed E-state index contributed by atoms with van der Waals surface area (Å²) in [4.78, 5) is 14.6. The zero-order valence-corrected chi connectivity index (χ0v) is 9.96. The molecule has 5 heteroatoms. The molecule has 1 N–H and O–H groups in total. The lowest BCUT2D eigenvalue weighted by atomic mass is 10.2. The van der Waals surface area contributed by atoms with Crippen LogP contribution in [0.5, 0.6) is 0 Å². The third-order valence-electron chi connectivity index (χ3n) is 2.58. The first kappa shape index (κ1) is 12.0. The van der Waals surface area contributed by atoms with Gasteiger partial charge in [-0.25, -0.2) is 0 Å². The van der Waals surface area contributed by atoms with Gasteiger partial charge in [0.25, 0.3) is 5.69 Å². The number of pyridine rings is 1. The number of aromatic nitrogens is 1. The Kier molecular flexibility index (Phi) is 3.52. The lowest BCUT2D eigenvalue weighted by Crippen LogP contribution is -2.03. The minimum atomic E-state index is -0.371. The number of rotatable bonds is 4. The topological polar surface area (TPSA) is 68.1 Å². The van der Waals surface area contributed by atoms with Gasteiger partial charge in [0, 0.05) is 23.9 Å². The van der Waals surface area contributed by atoms with Gasteiger partial charge in [-0.3, -0.25) is 15.1 Å². The molecular weight excluding hydrogens is 230 g/mol. The van der Waals surface area contributed by atoms with Crippen molar-refractivity contribution >= 4 is 11.4 Å². The van der Waals surface area contributed by atoms with E-state index < -0.39 is 0 Å². The van der Waals surface area contributed by atoms with Crippen molar-refractivity contribution < 1.29 is 4.92 Å². The second-order valence-corrected chi connectivity index (χ2v) is 3.93. The summed E-state index contributed by atoms with van der Waals surface area (Å²) in [6.45, 7) is 2.31. The molecule has 2 aromatic rings. The predicted octanol–water partition coefficient (Wildman–Crippen LogP) is 2.91. The first-order valence-corrected chi connectivity index (χ1v) is 5.55. The molecule has 0 fully saturated rings. The van der Waals surface area contributed by atoms with Crippen molar-refractivity contribution in [2.24, 2.45) is 0 Å². The highest BCUT2D eigenvalue weighted by molar-refractivity contribution is 5.46. The van der Waals surface area contributed by atoms with Crippen LogP contribution in [0, 0.1) is 17.0 Å². The molecule has 5 nitrogen and oxygen atoms in total. The predicted molar refractivity (Wildman–Crippen MR) is 69.4 cm³/mol. The molecule has 92 valence electrons. The molecule has 1 aromatic carbocycles. The van der Waals surface area contributed by atoms with Crippen LogP contribution in [0.2, 0.25) is 0 Å². The maximum absolute atomic E-state index is 10.8. The lowest BCUT2D eigenvalue weighted by molar-refractivity contribution is -0.385. The van der Waals surface area contributed by atoms with E-state index in [1.54, 1.807) is 24.4 Å². The fourth-order valence-corrected chi connectivity index (χ4v) is 1.61. The number of hydrogen-bond acceptors (Lipinski definition) is 4. The zero-order chi connectivity index (χ0) is 13.0. The Labute approximate surface area is 105 Å². The molecule has 0 aliphatic carbocycles. The Morgan fingerprint density at radius 2 is 2.06 bits per heavy atom. The van der Waals surface area contributed by atoms with Gasteiger partial charge < -0.3 is 5.32 Å². The molecule has 1 aromatic heterocycles. The molecule has 0 saturated heterocycles. The van der Waals surface area contributed by atoms with E-state index in [1.807, 2.05) is 19.1 Å². The van der Waals surface area contributed by atoms with E-state index in [1.165, 1.54) is 6.07 Å². The van der Waals surface area contributed by atoms with Gasteiger partial charge in [0.15, 0.2) is 0 Å². The van der Waals surface area contributed by atoms with Gasteiger partial charge in [0.05, 0.1) is 16.8 Å². The number of para-hydroxylation sites is 1. The molecule has 0 aliphatic rings. The Morgan fingerprint density at radius 3 is 2.72 bits per heavy atom. The van der Waals surface area contributed by atoms with Gasteiger partial charge in [-0.15, -0.1) is 0 Å². The number of hydrogen-bond donors (Lipinski definition) is 1. The van der Waals surface area contributed by atoms with Crippen LogP contribution in [0.25, 0.3) is 0 Å². The van der Waals surface area contributed by atoms with Gasteiger partial charge in [-0.05, 0) is 19.1 Å². The second-order valence-electron chi connectivity index (χ2n) is 3.93. The first-order chi connectivity index (χ1) is 8.66. The standard InChI is InChI=1S/C13H13N3O2/c1-10-6-7-12(9-14-10)15-8-11-4-2-3-5-13(11)16(17)18/h2-7,9,15H,8H2,1H3. The van der Waals surface area contributed by atoms with Crippen molar-refractivity contribution in [3.8, 4) is 0 Å². The lowest BCUT2D eigenvalue weighted by Gasteiger charge is -2.06. The van der Waals surface area contributed by atoms with Crippen molar-refractivity contribution in [1.29, 1.82) is 0 Å². The maximum Gasteiger partial charge on any atom is 0.274 e. The highest BCUT2D eigenvalue weighted by atomic mass is 16.6. The van der Waals surface area contributed by atoms with Crippen LogP contribution in [-0.2, 0) is 6.54 Å². The van der Waals surface area contributed by atoms with Crippen LogP contribution >= 0.6 is 0 Å². The summed E-state index contributed by atoms with van der Waals surface area (Å²) in [6.07, 6.45) is 1.71. The average molecular weight is 243 g/mol. The summed E-state index contributed by atoms with van der Waals surface area (Å²) in [5.74, 6) is 0. The van der Waals surface area contributed by atoms with E-state index in [0.717, 1.165) is 11.4 Å². The number of nitro groups is 1. The third kappa shape index (κ3) is 2.82. The SMILES string of the molecule is Cc1ccc(NCc2ccccc2[N+](=O)[O-])cn1. The van der Waals surface area contributed by atoms with Gasteiger partial charge in [0.2, 0.25) is 0 Å². The molecule has 0 amide bonds. The Morgan fingerprint density at radius 1 is 1.28 bits per heavy atom. The molecular formula is C13H13N3O2. The van der Waals surface area contributed by atoms with Crippen molar-refractivity contribution in [3.05, 3.63) is 64.0 Å². The summed E-state index contributed by atoms with van der Waals surface area (Å²) < 4.78 is 0. The molecule has 0 spiro atoms. The minimum Gasteiger partial charge on any atom is -0.379 e. The molecule has 0 unspecified atom stereocenters. The van der Waals surface area contributed by atoms with Crippen LogP contribution in [0.1, 0.15) is 11.3 Å². The van der Waals surface area contributed by atoms with Crippen molar-refractivity contribution in [3.63, 3.8) is 0 Å². The smallest absolute Gasteiger partial charge is 0.274 e. The van der Waals surface area contributed by atoms with Crippen molar-refractivity contribution in [2.75, 3.05) is 5.32 Å². The monoisotopic (exact) mass is 243 g/mol. The minimum absolute atomic E-state index is 0.130. The summed E-state index contributed by atoms with van der Waals surface area (Å²) in [6, 6.07) is 10.5. The van der Waals surface area contributed by atoms with E-state index in [-0.39, 0.29) is 10.6 Å². The molecule has 2 rings (SSSR count). The van der Waals surface area contributed by atoms with E-state index >= 15 is 0 Å². The third-order valence-corrected chi connectivity index (χ3v) is 2.58. The molecule has 1 heterocycles. The molecule has 18 heavy (non-hydrogen) atoms. The number of nitrogens with zero attached hydrogens (tertiary/aromatic N) is 2. The van der Waals surface area contributed by atoms with Crippen LogP contribution in [-0.4, -0.2) is 9.91 Å². The van der Waals surface area contributed by atoms with E-state index in [0.29, 0.717) is 12.1 Å². The van der Waals surface area contributed by atoms with Crippen molar-refractivity contribution in [1.82, 2.24) is 4.98 Å². The highest BCUT2D eigenvalue weighted by Gasteiger charge is 2.11. The summed E-state index contributed by atoms with van der Waals surface area (Å²) in [5.41, 5.74) is 2.57. The fourth-order valence-electron chi connectivity index (χ4n) is 1.61. The van der Waals surface area contributed by atoms with Crippen LogP contribution in [0.15, 0.2) is 42.6 Å². The largest absolute Gasteiger partial charge is 0.379 e. The summed E-state index contributed by atoms with van der Waals surface area (Å²) in [5, 5.41) is 14.0. The van der Waals surface area contributed by atoms with Gasteiger partial charge in [0.1, 0.15) is 0 Å². The number of benzene rings is 1. The Hall–Kier alpha value is -2.43. The highest BCUT2D eigenvalue weighted by Crippen LogP contribution is 2.18. The fraction of sp³-hybridized carbons (Fsp3) is 0.154. The molecule has 0 radical (unpaired) electrons. The van der Waals surface area contributed by atoms with E-state index in [9.17, 15) is 10.1 Å². The first-order valence-electron chi connectivity index (χ1n) is 5.55. The zero-order valence-electron chi connectivity index (χ0n) is 9.96. The second kappa shape index (κ2) is 5.27. The normalized spacial score (nSPS) is 10.1. The molecule has 0 atom stereocenters. The maximum atomic E-state index is 10.8. The number of aryl methyl sites for hydroxylation is 1. The molecule has 0 saturated carbocycles. The summed E-state index contributed by atoms with van der Waals surface area (Å²) in [7, 11) is 0. The number of nitrogens with one attached hydrogen (secondary N) is 1. The van der Waals surface area contributed by atoms with E-state index in [2.05, 4.69) is 10.3 Å². The van der Waals surface area contributed by atoms with Crippen LogP contribution in [0.3, 0.4) is 0 Å². The van der Waals surface area contributed by atoms with Gasteiger partial charge >= 0.3 is 0 Å². The van der Waals surface area contributed by atoms with Gasteiger partial charge in [-0.2, -0.15) is 0 Å². The quantitative estimate of drug-likeness (QED) is 0.662.